The summed E-state index contributed by atoms with van der Waals surface area (Å²) in [5.41, 5.74) is 0.387. The van der Waals surface area contributed by atoms with Gasteiger partial charge in [0.25, 0.3) is 0 Å². The molecular weight excluding hydrogens is 394 g/mol. The molecule has 0 N–H and O–H groups in total. The van der Waals surface area contributed by atoms with E-state index in [1.807, 2.05) is 0 Å². The summed E-state index contributed by atoms with van der Waals surface area (Å²) in [6.45, 7) is 1.65. The van der Waals surface area contributed by atoms with Crippen molar-refractivity contribution in [2.45, 2.75) is 31.1 Å². The van der Waals surface area contributed by atoms with Crippen LogP contribution in [0.5, 0.6) is 0 Å². The molecule has 1 saturated carbocycles. The summed E-state index contributed by atoms with van der Waals surface area (Å²) in [7, 11) is -3.70. The number of benzene rings is 1. The lowest BCUT2D eigenvalue weighted by molar-refractivity contribution is -0.133. The molecule has 142 valence electrons. The van der Waals surface area contributed by atoms with E-state index in [4.69, 9.17) is 16.1 Å². The Hall–Kier alpha value is -2.32. The van der Waals surface area contributed by atoms with Gasteiger partial charge in [0, 0.05) is 30.7 Å². The second kappa shape index (κ2) is 7.01. The first-order valence-electron chi connectivity index (χ1n) is 8.17. The van der Waals surface area contributed by atoms with Gasteiger partial charge in [0.1, 0.15) is 5.92 Å². The Morgan fingerprint density at radius 1 is 1.22 bits per heavy atom. The van der Waals surface area contributed by atoms with E-state index < -0.39 is 33.1 Å². The summed E-state index contributed by atoms with van der Waals surface area (Å²) in [5.74, 6) is -2.95. The van der Waals surface area contributed by atoms with Crippen molar-refractivity contribution >= 4 is 38.8 Å². The van der Waals surface area contributed by atoms with Crippen LogP contribution in [0, 0.1) is 12.8 Å². The second-order valence-electron chi connectivity index (χ2n) is 6.49. The van der Waals surface area contributed by atoms with Crippen LogP contribution in [-0.4, -0.2) is 37.2 Å². The molecule has 0 bridgehead atoms. The maximum atomic E-state index is 12.9. The molecule has 1 aromatic heterocycles. The average Bonchev–Trinajstić information content (AvgIpc) is 2.99. The fraction of sp³-hybridized carbons (Fsp3) is 0.333. The van der Waals surface area contributed by atoms with Crippen LogP contribution in [-0.2, 0) is 19.4 Å². The normalized spacial score (nSPS) is 16.0. The molecule has 0 radical (unpaired) electrons. The van der Waals surface area contributed by atoms with E-state index in [0.29, 0.717) is 12.1 Å². The fourth-order valence-electron chi connectivity index (χ4n) is 3.12. The number of ketones is 3. The van der Waals surface area contributed by atoms with E-state index in [1.54, 1.807) is 6.92 Å². The zero-order valence-corrected chi connectivity index (χ0v) is 16.2. The highest BCUT2D eigenvalue weighted by Gasteiger charge is 2.38. The Morgan fingerprint density at radius 2 is 1.85 bits per heavy atom. The number of carbonyl (C=O) groups is 3. The molecule has 0 atom stereocenters. The van der Waals surface area contributed by atoms with Crippen LogP contribution in [0.25, 0.3) is 11.3 Å². The largest absolute Gasteiger partial charge is 0.356 e. The van der Waals surface area contributed by atoms with Gasteiger partial charge >= 0.3 is 0 Å². The predicted octanol–water partition coefficient (Wildman–Crippen LogP) is 2.83. The number of carbonyl (C=O) groups excluding carboxylic acids is 3. The lowest BCUT2D eigenvalue weighted by Crippen LogP contribution is -2.35. The number of halogens is 1. The van der Waals surface area contributed by atoms with Gasteiger partial charge in [0.15, 0.2) is 32.9 Å². The third-order valence-corrected chi connectivity index (χ3v) is 5.93. The number of nitrogens with zero attached hydrogens (tertiary/aromatic N) is 1. The number of Topliss-reactive ketones (excluding diaryl/α,β-unsaturated/α-hetero) is 3. The number of aromatic nitrogens is 1. The van der Waals surface area contributed by atoms with E-state index in [9.17, 15) is 22.8 Å². The summed E-state index contributed by atoms with van der Waals surface area (Å²) < 4.78 is 29.5. The van der Waals surface area contributed by atoms with Gasteiger partial charge in [0.2, 0.25) is 0 Å². The molecule has 1 aliphatic rings. The molecule has 7 nitrogen and oxygen atoms in total. The second-order valence-corrected chi connectivity index (χ2v) is 8.85. The molecule has 0 amide bonds. The van der Waals surface area contributed by atoms with Gasteiger partial charge in [-0.3, -0.25) is 14.4 Å². The van der Waals surface area contributed by atoms with Crippen LogP contribution < -0.4 is 0 Å². The van der Waals surface area contributed by atoms with Crippen molar-refractivity contribution in [1.29, 1.82) is 0 Å². The van der Waals surface area contributed by atoms with Crippen LogP contribution >= 0.6 is 11.6 Å². The van der Waals surface area contributed by atoms with E-state index in [1.165, 1.54) is 18.2 Å². The molecular formula is C18H16ClNO6S. The summed E-state index contributed by atoms with van der Waals surface area (Å²) in [5, 5.41) is 3.53. The van der Waals surface area contributed by atoms with Crippen LogP contribution in [0.4, 0.5) is 0 Å². The molecule has 0 spiro atoms. The van der Waals surface area contributed by atoms with Crippen LogP contribution in [0.15, 0.2) is 27.6 Å². The van der Waals surface area contributed by atoms with Gasteiger partial charge in [-0.2, -0.15) is 0 Å². The van der Waals surface area contributed by atoms with Crippen LogP contribution in [0.3, 0.4) is 0 Å². The molecule has 3 rings (SSSR count). The zero-order valence-electron chi connectivity index (χ0n) is 14.6. The minimum atomic E-state index is -3.70. The Balaban J connectivity index is 2.20. The first-order chi connectivity index (χ1) is 12.6. The Morgan fingerprint density at radius 3 is 2.37 bits per heavy atom. The molecule has 9 heteroatoms. The summed E-state index contributed by atoms with van der Waals surface area (Å²) in [6, 6.07) is 3.93. The molecule has 0 aliphatic heterocycles. The molecule has 1 heterocycles. The van der Waals surface area contributed by atoms with Gasteiger partial charge in [0.05, 0.1) is 21.2 Å². The topological polar surface area (TPSA) is 111 Å². The molecule has 0 saturated heterocycles. The summed E-state index contributed by atoms with van der Waals surface area (Å²) in [4.78, 5) is 36.9. The van der Waals surface area contributed by atoms with Crippen molar-refractivity contribution < 1.29 is 27.3 Å². The molecule has 1 aliphatic carbocycles. The highest BCUT2D eigenvalue weighted by molar-refractivity contribution is 7.90. The van der Waals surface area contributed by atoms with E-state index in [2.05, 4.69) is 5.16 Å². The lowest BCUT2D eigenvalue weighted by atomic mass is 9.81. The zero-order chi connectivity index (χ0) is 19.9. The van der Waals surface area contributed by atoms with Crippen molar-refractivity contribution in [3.8, 4) is 11.3 Å². The van der Waals surface area contributed by atoms with E-state index in [-0.39, 0.29) is 39.6 Å². The lowest BCUT2D eigenvalue weighted by Gasteiger charge is -2.19. The molecule has 27 heavy (non-hydrogen) atoms. The molecule has 1 aromatic carbocycles. The van der Waals surface area contributed by atoms with Crippen molar-refractivity contribution in [3.05, 3.63) is 34.5 Å². The molecule has 1 fully saturated rings. The standard InChI is InChI=1S/C18H16ClNO6S/c1-9-8-13(26-20-9)16-14(27(2,24)25)7-6-10(17(16)19)18(23)15-11(21)4-3-5-12(15)22/h6-8,15H,3-5H2,1-2H3. The van der Waals surface area contributed by atoms with Crippen molar-refractivity contribution in [2.75, 3.05) is 6.26 Å². The number of aryl methyl sites for hydroxylation is 1. The van der Waals surface area contributed by atoms with E-state index >= 15 is 0 Å². The first kappa shape index (κ1) is 19.4. The smallest absolute Gasteiger partial charge is 0.182 e. The predicted molar refractivity (Wildman–Crippen MR) is 96.5 cm³/mol. The third-order valence-electron chi connectivity index (χ3n) is 4.40. The van der Waals surface area contributed by atoms with Gasteiger partial charge in [-0.25, -0.2) is 8.42 Å². The highest BCUT2D eigenvalue weighted by Crippen LogP contribution is 2.38. The maximum Gasteiger partial charge on any atom is 0.182 e. The SMILES string of the molecule is Cc1cc(-c2c(S(C)(=O)=O)ccc(C(=O)C3C(=O)CCCC3=O)c2Cl)on1. The van der Waals surface area contributed by atoms with Gasteiger partial charge in [-0.15, -0.1) is 0 Å². The average molecular weight is 410 g/mol. The minimum absolute atomic E-state index is 0.0127. The Labute approximate surface area is 160 Å². The highest BCUT2D eigenvalue weighted by atomic mass is 35.5. The van der Waals surface area contributed by atoms with Crippen molar-refractivity contribution in [2.24, 2.45) is 5.92 Å². The third kappa shape index (κ3) is 3.59. The minimum Gasteiger partial charge on any atom is -0.356 e. The van der Waals surface area contributed by atoms with Gasteiger partial charge < -0.3 is 4.52 Å². The van der Waals surface area contributed by atoms with Gasteiger partial charge in [-0.1, -0.05) is 16.8 Å². The Kier molecular flexibility index (Phi) is 5.05. The van der Waals surface area contributed by atoms with Crippen molar-refractivity contribution in [3.63, 3.8) is 0 Å². The van der Waals surface area contributed by atoms with Crippen LogP contribution in [0.1, 0.15) is 35.3 Å². The Bertz CT molecular complexity index is 1050. The number of sulfone groups is 1. The number of hydrogen-bond acceptors (Lipinski definition) is 7. The maximum absolute atomic E-state index is 12.9. The first-order valence-corrected chi connectivity index (χ1v) is 10.4. The van der Waals surface area contributed by atoms with Gasteiger partial charge in [-0.05, 0) is 25.5 Å². The molecule has 0 unspecified atom stereocenters. The monoisotopic (exact) mass is 409 g/mol. The summed E-state index contributed by atoms with van der Waals surface area (Å²) in [6.07, 6.45) is 1.72. The summed E-state index contributed by atoms with van der Waals surface area (Å²) >= 11 is 6.38. The van der Waals surface area contributed by atoms with Crippen molar-refractivity contribution in [1.82, 2.24) is 5.16 Å². The van der Waals surface area contributed by atoms with E-state index in [0.717, 1.165) is 6.26 Å². The molecule has 2 aromatic rings. The number of hydrogen-bond donors (Lipinski definition) is 0. The van der Waals surface area contributed by atoms with Crippen LogP contribution in [0.2, 0.25) is 5.02 Å². The fourth-order valence-corrected chi connectivity index (χ4v) is 4.42. The number of rotatable bonds is 4. The quantitative estimate of drug-likeness (QED) is 0.563.